The molecule has 0 unspecified atom stereocenters. The number of amides is 1. The van der Waals surface area contributed by atoms with Gasteiger partial charge in [-0.25, -0.2) is 0 Å². The molecule has 2 aromatic heterocycles. The fourth-order valence-corrected chi connectivity index (χ4v) is 3.66. The summed E-state index contributed by atoms with van der Waals surface area (Å²) in [7, 11) is 1.93. The average molecular weight is 364 g/mol. The molecule has 0 radical (unpaired) electrons. The number of rotatable bonds is 4. The summed E-state index contributed by atoms with van der Waals surface area (Å²) in [5.74, 6) is 1.44. The van der Waals surface area contributed by atoms with Crippen molar-refractivity contribution in [3.05, 3.63) is 59.9 Å². The van der Waals surface area contributed by atoms with Gasteiger partial charge in [0, 0.05) is 25.2 Å². The molecule has 3 aromatic rings. The molecule has 0 aliphatic carbocycles. The number of benzene rings is 1. The maximum absolute atomic E-state index is 13.3. The summed E-state index contributed by atoms with van der Waals surface area (Å²) < 4.78 is 7.43. The standard InChI is InChI=1S/C21H24N4O2/c1-14(2)19-22-20(27-23-19)17-10-7-13-25(17)21(26)18-12-11-16(24(18)3)15-8-5-4-6-9-15/h4-6,8-9,11-12,14,17H,7,10,13H2,1-3H3/t17-/m1/s1. The molecule has 1 aliphatic heterocycles. The Balaban J connectivity index is 1.61. The van der Waals surface area contributed by atoms with Crippen LogP contribution >= 0.6 is 0 Å². The molecular weight excluding hydrogens is 340 g/mol. The maximum atomic E-state index is 13.3. The molecule has 0 saturated carbocycles. The number of carbonyl (C=O) groups excluding carboxylic acids is 1. The van der Waals surface area contributed by atoms with Crippen molar-refractivity contribution >= 4 is 5.91 Å². The minimum Gasteiger partial charge on any atom is -0.340 e. The summed E-state index contributed by atoms with van der Waals surface area (Å²) in [6, 6.07) is 13.8. The highest BCUT2D eigenvalue weighted by atomic mass is 16.5. The van der Waals surface area contributed by atoms with E-state index in [1.54, 1.807) is 0 Å². The lowest BCUT2D eigenvalue weighted by molar-refractivity contribution is 0.0700. The van der Waals surface area contributed by atoms with Crippen LogP contribution in [-0.4, -0.2) is 32.1 Å². The molecule has 1 aromatic carbocycles. The number of carbonyl (C=O) groups is 1. The van der Waals surface area contributed by atoms with Crippen LogP contribution in [0.3, 0.4) is 0 Å². The third-order valence-electron chi connectivity index (χ3n) is 5.18. The molecule has 1 aliphatic rings. The lowest BCUT2D eigenvalue weighted by Crippen LogP contribution is -2.32. The third-order valence-corrected chi connectivity index (χ3v) is 5.18. The van der Waals surface area contributed by atoms with Gasteiger partial charge in [-0.2, -0.15) is 4.98 Å². The van der Waals surface area contributed by atoms with Crippen LogP contribution in [-0.2, 0) is 7.05 Å². The second-order valence-electron chi connectivity index (χ2n) is 7.33. The fraction of sp³-hybridized carbons (Fsp3) is 0.381. The van der Waals surface area contributed by atoms with Gasteiger partial charge in [0.15, 0.2) is 5.82 Å². The first kappa shape index (κ1) is 17.5. The predicted octanol–water partition coefficient (Wildman–Crippen LogP) is 4.18. The van der Waals surface area contributed by atoms with Crippen molar-refractivity contribution in [1.82, 2.24) is 19.6 Å². The van der Waals surface area contributed by atoms with E-state index in [1.165, 1.54) is 0 Å². The highest BCUT2D eigenvalue weighted by Crippen LogP contribution is 2.33. The Morgan fingerprint density at radius 1 is 1.19 bits per heavy atom. The SMILES string of the molecule is CC(C)c1noc([C@H]2CCCN2C(=O)c2ccc(-c3ccccc3)n2C)n1. The first-order valence-corrected chi connectivity index (χ1v) is 9.42. The van der Waals surface area contributed by atoms with E-state index in [0.29, 0.717) is 24.0 Å². The van der Waals surface area contributed by atoms with Crippen molar-refractivity contribution < 1.29 is 9.32 Å². The lowest BCUT2D eigenvalue weighted by atomic mass is 10.2. The molecule has 3 heterocycles. The van der Waals surface area contributed by atoms with Crippen LogP contribution in [0.15, 0.2) is 47.0 Å². The van der Waals surface area contributed by atoms with Crippen LogP contribution in [0.1, 0.15) is 60.9 Å². The fourth-order valence-electron chi connectivity index (χ4n) is 3.66. The Labute approximate surface area is 158 Å². The lowest BCUT2D eigenvalue weighted by Gasteiger charge is -2.22. The van der Waals surface area contributed by atoms with Gasteiger partial charge in [-0.15, -0.1) is 0 Å². The van der Waals surface area contributed by atoms with Gasteiger partial charge in [-0.3, -0.25) is 4.79 Å². The number of hydrogen-bond acceptors (Lipinski definition) is 4. The van der Waals surface area contributed by atoms with Crippen LogP contribution in [0.5, 0.6) is 0 Å². The van der Waals surface area contributed by atoms with E-state index >= 15 is 0 Å². The Hall–Kier alpha value is -2.89. The van der Waals surface area contributed by atoms with E-state index < -0.39 is 0 Å². The molecule has 1 fully saturated rings. The van der Waals surface area contributed by atoms with Gasteiger partial charge in [-0.1, -0.05) is 49.3 Å². The molecule has 0 bridgehead atoms. The summed E-state index contributed by atoms with van der Waals surface area (Å²) in [6.07, 6.45) is 1.78. The van der Waals surface area contributed by atoms with E-state index in [2.05, 4.69) is 10.1 Å². The molecule has 27 heavy (non-hydrogen) atoms. The van der Waals surface area contributed by atoms with Crippen molar-refractivity contribution in [1.29, 1.82) is 0 Å². The monoisotopic (exact) mass is 364 g/mol. The molecule has 140 valence electrons. The number of aromatic nitrogens is 3. The second-order valence-corrected chi connectivity index (χ2v) is 7.33. The summed E-state index contributed by atoms with van der Waals surface area (Å²) in [5.41, 5.74) is 2.79. The molecule has 6 nitrogen and oxygen atoms in total. The van der Waals surface area contributed by atoms with Gasteiger partial charge < -0.3 is 14.0 Å². The molecule has 1 saturated heterocycles. The largest absolute Gasteiger partial charge is 0.340 e. The van der Waals surface area contributed by atoms with Crippen molar-refractivity contribution in [2.75, 3.05) is 6.54 Å². The molecule has 6 heteroatoms. The van der Waals surface area contributed by atoms with Crippen molar-refractivity contribution in [2.24, 2.45) is 7.05 Å². The van der Waals surface area contributed by atoms with E-state index in [4.69, 9.17) is 4.52 Å². The zero-order valence-electron chi connectivity index (χ0n) is 15.9. The summed E-state index contributed by atoms with van der Waals surface area (Å²) >= 11 is 0. The zero-order chi connectivity index (χ0) is 19.0. The van der Waals surface area contributed by atoms with Crippen LogP contribution in [0.2, 0.25) is 0 Å². The maximum Gasteiger partial charge on any atom is 0.271 e. The summed E-state index contributed by atoms with van der Waals surface area (Å²) in [6.45, 7) is 4.76. The zero-order valence-corrected chi connectivity index (χ0v) is 15.9. The molecule has 4 rings (SSSR count). The Bertz CT molecular complexity index is 942. The molecule has 0 spiro atoms. The average Bonchev–Trinajstić information content (AvgIpc) is 3.40. The molecule has 1 atom stereocenters. The topological polar surface area (TPSA) is 64.2 Å². The Morgan fingerprint density at radius 2 is 1.96 bits per heavy atom. The minimum absolute atomic E-state index is 0.00600. The van der Waals surface area contributed by atoms with E-state index in [0.717, 1.165) is 24.1 Å². The van der Waals surface area contributed by atoms with Crippen molar-refractivity contribution in [3.63, 3.8) is 0 Å². The third kappa shape index (κ3) is 3.16. The van der Waals surface area contributed by atoms with Gasteiger partial charge in [0.2, 0.25) is 5.89 Å². The first-order chi connectivity index (χ1) is 13.1. The number of likely N-dealkylation sites (tertiary alicyclic amines) is 1. The highest BCUT2D eigenvalue weighted by Gasteiger charge is 2.35. The Kier molecular flexibility index (Phi) is 4.56. The second kappa shape index (κ2) is 7.02. The Morgan fingerprint density at radius 3 is 2.67 bits per heavy atom. The van der Waals surface area contributed by atoms with Crippen LogP contribution in [0.25, 0.3) is 11.3 Å². The van der Waals surface area contributed by atoms with Gasteiger partial charge in [0.1, 0.15) is 11.7 Å². The van der Waals surface area contributed by atoms with Crippen molar-refractivity contribution in [3.8, 4) is 11.3 Å². The summed E-state index contributed by atoms with van der Waals surface area (Å²) in [4.78, 5) is 19.6. The van der Waals surface area contributed by atoms with E-state index in [-0.39, 0.29) is 17.9 Å². The predicted molar refractivity (Wildman–Crippen MR) is 102 cm³/mol. The highest BCUT2D eigenvalue weighted by molar-refractivity contribution is 5.94. The molecule has 1 amide bonds. The number of hydrogen-bond donors (Lipinski definition) is 0. The van der Waals surface area contributed by atoms with Crippen LogP contribution < -0.4 is 0 Å². The van der Waals surface area contributed by atoms with Crippen molar-refractivity contribution in [2.45, 2.75) is 38.6 Å². The van der Waals surface area contributed by atoms with E-state index in [1.807, 2.05) is 72.8 Å². The van der Waals surface area contributed by atoms with E-state index in [9.17, 15) is 4.79 Å². The van der Waals surface area contributed by atoms with Crippen LogP contribution in [0.4, 0.5) is 0 Å². The number of nitrogens with zero attached hydrogens (tertiary/aromatic N) is 4. The summed E-state index contributed by atoms with van der Waals surface area (Å²) in [5, 5.41) is 4.06. The molecule has 0 N–H and O–H groups in total. The smallest absolute Gasteiger partial charge is 0.271 e. The van der Waals surface area contributed by atoms with Gasteiger partial charge in [-0.05, 0) is 30.5 Å². The normalized spacial score (nSPS) is 17.0. The molecular formula is C21H24N4O2. The quantitative estimate of drug-likeness (QED) is 0.697. The van der Waals surface area contributed by atoms with Gasteiger partial charge >= 0.3 is 0 Å². The minimum atomic E-state index is -0.146. The van der Waals surface area contributed by atoms with Crippen LogP contribution in [0, 0.1) is 0 Å². The van der Waals surface area contributed by atoms with Gasteiger partial charge in [0.25, 0.3) is 5.91 Å². The first-order valence-electron chi connectivity index (χ1n) is 9.42. The van der Waals surface area contributed by atoms with Gasteiger partial charge in [0.05, 0.1) is 0 Å².